The molecule has 1 saturated heterocycles. The van der Waals surface area contributed by atoms with Crippen LogP contribution < -0.4 is 5.32 Å². The van der Waals surface area contributed by atoms with Gasteiger partial charge >= 0.3 is 0 Å². The van der Waals surface area contributed by atoms with Crippen molar-refractivity contribution in [3.8, 4) is 11.4 Å². The Morgan fingerprint density at radius 2 is 1.94 bits per heavy atom. The standard InChI is InChI=1S/C21H21N9O2.CH3.W/c1-22-10-21(11-28(12-21)19(32)14-4-5-14)29-9-15(8-24-29)17-23-7-6-16-25-20(27-30(16)17)26-18(31)13-2-3-13;;/h6-9,13-14H,2-5,10-12H2,(H,26,27,31);1H3;/q;-1;. The Morgan fingerprint density at radius 1 is 1.21 bits per heavy atom. The number of carbonyl (C=O) groups is 2. The summed E-state index contributed by atoms with van der Waals surface area (Å²) in [6.45, 7) is 8.63. The van der Waals surface area contributed by atoms with E-state index in [0.29, 0.717) is 24.6 Å². The number of rotatable bonds is 6. The predicted octanol–water partition coefficient (Wildman–Crippen LogP) is 1.65. The molecule has 11 nitrogen and oxygen atoms in total. The average Bonchev–Trinajstić information content (AvgIpc) is 3.68. The Kier molecular flexibility index (Phi) is 6.29. The summed E-state index contributed by atoms with van der Waals surface area (Å²) in [7, 11) is 0. The van der Waals surface area contributed by atoms with Gasteiger partial charge in [0, 0.05) is 51.4 Å². The van der Waals surface area contributed by atoms with E-state index in [9.17, 15) is 9.59 Å². The van der Waals surface area contributed by atoms with Gasteiger partial charge in [-0.2, -0.15) is 14.6 Å². The molecule has 3 aliphatic rings. The fourth-order valence-corrected chi connectivity index (χ4v) is 4.20. The number of likely N-dealkylation sites (tertiary alicyclic amines) is 1. The Hall–Kier alpha value is -3.12. The van der Waals surface area contributed by atoms with Crippen LogP contribution in [0.25, 0.3) is 21.9 Å². The molecule has 0 atom stereocenters. The third-order valence-electron chi connectivity index (χ3n) is 6.35. The Morgan fingerprint density at radius 3 is 2.62 bits per heavy atom. The molecule has 0 spiro atoms. The molecule has 6 rings (SSSR count). The molecule has 3 aromatic rings. The number of amides is 2. The van der Waals surface area contributed by atoms with E-state index in [1.54, 1.807) is 27.7 Å². The minimum Gasteiger partial charge on any atom is -0.358 e. The second kappa shape index (κ2) is 8.91. The summed E-state index contributed by atoms with van der Waals surface area (Å²) in [5.41, 5.74) is 0.760. The van der Waals surface area contributed by atoms with Gasteiger partial charge in [0.05, 0.1) is 24.8 Å². The summed E-state index contributed by atoms with van der Waals surface area (Å²) in [4.78, 5) is 38.7. The maximum absolute atomic E-state index is 12.4. The zero-order valence-electron chi connectivity index (χ0n) is 18.7. The van der Waals surface area contributed by atoms with Crippen LogP contribution in [0.1, 0.15) is 25.7 Å². The summed E-state index contributed by atoms with van der Waals surface area (Å²) in [5.74, 6) is 1.15. The molecule has 12 heteroatoms. The van der Waals surface area contributed by atoms with Gasteiger partial charge in [0.2, 0.25) is 24.3 Å². The fourth-order valence-electron chi connectivity index (χ4n) is 4.20. The predicted molar refractivity (Wildman–Crippen MR) is 119 cm³/mol. The smallest absolute Gasteiger partial charge is 0.249 e. The van der Waals surface area contributed by atoms with Crippen molar-refractivity contribution in [2.45, 2.75) is 31.2 Å². The van der Waals surface area contributed by atoms with Crippen LogP contribution in [0, 0.1) is 25.8 Å². The van der Waals surface area contributed by atoms with Gasteiger partial charge in [-0.05, 0) is 25.7 Å². The second-order valence-electron chi connectivity index (χ2n) is 8.92. The topological polar surface area (TPSA) is 115 Å². The maximum Gasteiger partial charge on any atom is 0.249 e. The number of hydrogen-bond donors (Lipinski definition) is 1. The van der Waals surface area contributed by atoms with Gasteiger partial charge in [-0.3, -0.25) is 19.6 Å². The van der Waals surface area contributed by atoms with E-state index < -0.39 is 5.54 Å². The van der Waals surface area contributed by atoms with Crippen LogP contribution in [-0.4, -0.2) is 65.7 Å². The van der Waals surface area contributed by atoms with Crippen LogP contribution in [0.15, 0.2) is 24.7 Å². The fraction of sp³-hybridized carbons (Fsp3) is 0.455. The molecule has 34 heavy (non-hydrogen) atoms. The van der Waals surface area contributed by atoms with Crippen molar-refractivity contribution in [2.75, 3.05) is 25.0 Å². The van der Waals surface area contributed by atoms with Crippen LogP contribution in [0.3, 0.4) is 0 Å². The van der Waals surface area contributed by atoms with Crippen molar-refractivity contribution < 1.29 is 30.7 Å². The summed E-state index contributed by atoms with van der Waals surface area (Å²) in [6, 6.07) is 1.72. The summed E-state index contributed by atoms with van der Waals surface area (Å²) >= 11 is 0. The van der Waals surface area contributed by atoms with Gasteiger partial charge in [-0.1, -0.05) is 0 Å². The molecule has 0 bridgehead atoms. The minimum absolute atomic E-state index is 0. The first-order valence-electron chi connectivity index (χ1n) is 10.8. The molecule has 1 N–H and O–H groups in total. The molecule has 2 saturated carbocycles. The van der Waals surface area contributed by atoms with Crippen LogP contribution >= 0.6 is 0 Å². The van der Waals surface area contributed by atoms with Gasteiger partial charge in [-0.25, -0.2) is 11.6 Å². The zero-order chi connectivity index (χ0) is 21.9. The molecule has 3 fully saturated rings. The molecule has 1 aliphatic heterocycles. The molecular formula is C22H24N9O2W-. The number of nitrogens with one attached hydrogen (secondary N) is 1. The van der Waals surface area contributed by atoms with E-state index >= 15 is 0 Å². The largest absolute Gasteiger partial charge is 0.358 e. The summed E-state index contributed by atoms with van der Waals surface area (Å²) < 4.78 is 3.36. The van der Waals surface area contributed by atoms with Gasteiger partial charge in [0.1, 0.15) is 0 Å². The van der Waals surface area contributed by atoms with Crippen molar-refractivity contribution in [1.82, 2.24) is 34.3 Å². The molecule has 4 heterocycles. The summed E-state index contributed by atoms with van der Waals surface area (Å²) in [5, 5.41) is 11.7. The maximum atomic E-state index is 12.4. The van der Waals surface area contributed by atoms with Crippen molar-refractivity contribution in [2.24, 2.45) is 11.8 Å². The first-order chi connectivity index (χ1) is 15.6. The van der Waals surface area contributed by atoms with Crippen LogP contribution in [-0.2, 0) is 36.2 Å². The normalized spacial score (nSPS) is 18.3. The molecule has 0 unspecified atom stereocenters. The Bertz CT molecular complexity index is 1280. The number of carbonyl (C=O) groups excluding carboxylic acids is 2. The van der Waals surface area contributed by atoms with Gasteiger partial charge < -0.3 is 17.2 Å². The first-order valence-corrected chi connectivity index (χ1v) is 10.8. The van der Waals surface area contributed by atoms with E-state index in [-0.39, 0.29) is 64.6 Å². The van der Waals surface area contributed by atoms with Crippen LogP contribution in [0.4, 0.5) is 5.95 Å². The van der Waals surface area contributed by atoms with E-state index in [4.69, 9.17) is 6.57 Å². The number of fused-ring (bicyclic) bond motifs is 1. The van der Waals surface area contributed by atoms with Crippen LogP contribution in [0.5, 0.6) is 0 Å². The van der Waals surface area contributed by atoms with Crippen molar-refractivity contribution in [3.63, 3.8) is 0 Å². The van der Waals surface area contributed by atoms with E-state index in [1.165, 1.54) is 0 Å². The molecule has 2 aliphatic carbocycles. The average molecular weight is 630 g/mol. The van der Waals surface area contributed by atoms with E-state index in [0.717, 1.165) is 31.2 Å². The molecule has 2 amide bonds. The summed E-state index contributed by atoms with van der Waals surface area (Å²) in [6.07, 6.45) is 8.90. The van der Waals surface area contributed by atoms with Gasteiger partial charge in [0.25, 0.3) is 0 Å². The Balaban J connectivity index is 0.00000137. The van der Waals surface area contributed by atoms with Gasteiger partial charge in [-0.15, -0.1) is 5.10 Å². The van der Waals surface area contributed by atoms with Crippen molar-refractivity contribution in [3.05, 3.63) is 43.5 Å². The van der Waals surface area contributed by atoms with Crippen molar-refractivity contribution >= 4 is 23.4 Å². The zero-order valence-corrected chi connectivity index (χ0v) is 21.6. The quantitative estimate of drug-likeness (QED) is 0.415. The molecule has 3 aromatic heterocycles. The number of nitrogens with zero attached hydrogens (tertiary/aromatic N) is 8. The second-order valence-corrected chi connectivity index (χ2v) is 8.92. The molecule has 0 aromatic carbocycles. The molecule has 176 valence electrons. The molecular weight excluding hydrogens is 606 g/mol. The van der Waals surface area contributed by atoms with E-state index in [2.05, 4.69) is 30.3 Å². The van der Waals surface area contributed by atoms with Crippen molar-refractivity contribution in [1.29, 1.82) is 0 Å². The third kappa shape index (κ3) is 4.11. The third-order valence-corrected chi connectivity index (χ3v) is 6.35. The number of hydrogen-bond acceptors (Lipinski definition) is 6. The SMILES string of the molecule is [C-]#[N+]CC1(n2cc(-c3nccc4nc(NC(=O)C5CC5)nn34)cn2)CN(C(=O)C2CC2)C1.[CH3-].[W]. The Labute approximate surface area is 211 Å². The van der Waals surface area contributed by atoms with Crippen LogP contribution in [0.2, 0.25) is 0 Å². The monoisotopic (exact) mass is 630 g/mol. The van der Waals surface area contributed by atoms with Gasteiger partial charge in [0.15, 0.2) is 17.0 Å². The number of anilines is 1. The first kappa shape index (κ1) is 24.0. The van der Waals surface area contributed by atoms with E-state index in [1.807, 2.05) is 11.1 Å². The minimum atomic E-state index is -0.524. The number of aromatic nitrogens is 6. The molecule has 0 radical (unpaired) electrons.